The second kappa shape index (κ2) is 4.47. The second-order valence-electron chi connectivity index (χ2n) is 4.09. The Morgan fingerprint density at radius 1 is 1.47 bits per heavy atom. The minimum atomic E-state index is -1.26. The van der Waals surface area contributed by atoms with Crippen LogP contribution >= 0.6 is 11.6 Å². The Labute approximate surface area is 93.3 Å². The lowest BCUT2D eigenvalue weighted by Crippen LogP contribution is -2.37. The second-order valence-corrected chi connectivity index (χ2v) is 4.49. The van der Waals surface area contributed by atoms with Crippen LogP contribution in [0.25, 0.3) is 0 Å². The molecule has 0 saturated carbocycles. The van der Waals surface area contributed by atoms with Crippen LogP contribution in [0, 0.1) is 5.82 Å². The van der Waals surface area contributed by atoms with Gasteiger partial charge in [-0.15, -0.1) is 0 Å². The maximum Gasteiger partial charge on any atom is 0.145 e. The minimum absolute atomic E-state index is 0.0236. The molecule has 0 aliphatic carbocycles. The molecule has 0 spiro atoms. The van der Waals surface area contributed by atoms with Crippen molar-refractivity contribution >= 4 is 11.6 Å². The van der Waals surface area contributed by atoms with Crippen LogP contribution in [0.2, 0.25) is 5.02 Å². The molecule has 1 rings (SSSR count). The first-order valence-corrected chi connectivity index (χ1v) is 5.03. The van der Waals surface area contributed by atoms with Gasteiger partial charge in [0.15, 0.2) is 0 Å². The summed E-state index contributed by atoms with van der Waals surface area (Å²) in [5, 5.41) is 19.1. The molecule has 1 atom stereocenters. The summed E-state index contributed by atoms with van der Waals surface area (Å²) < 4.78 is 13.4. The highest BCUT2D eigenvalue weighted by molar-refractivity contribution is 6.30. The van der Waals surface area contributed by atoms with Crippen molar-refractivity contribution in [3.05, 3.63) is 34.6 Å². The summed E-state index contributed by atoms with van der Waals surface area (Å²) in [5.41, 5.74) is -0.952. The van der Waals surface area contributed by atoms with Crippen LogP contribution in [0.5, 0.6) is 0 Å². The van der Waals surface area contributed by atoms with Crippen LogP contribution in [0.1, 0.15) is 19.4 Å². The molecule has 0 amide bonds. The van der Waals surface area contributed by atoms with E-state index in [-0.39, 0.29) is 11.4 Å². The van der Waals surface area contributed by atoms with Gasteiger partial charge in [-0.1, -0.05) is 23.7 Å². The van der Waals surface area contributed by atoms with E-state index in [4.69, 9.17) is 11.6 Å². The molecule has 0 radical (unpaired) electrons. The van der Waals surface area contributed by atoms with Crippen molar-refractivity contribution in [3.63, 3.8) is 0 Å². The first kappa shape index (κ1) is 12.4. The van der Waals surface area contributed by atoms with Crippen LogP contribution in [-0.2, 0) is 6.42 Å². The van der Waals surface area contributed by atoms with Crippen LogP contribution in [0.4, 0.5) is 4.39 Å². The summed E-state index contributed by atoms with van der Waals surface area (Å²) in [6.45, 7) is 2.94. The molecule has 84 valence electrons. The van der Waals surface area contributed by atoms with Gasteiger partial charge in [0.25, 0.3) is 0 Å². The number of hydrogen-bond acceptors (Lipinski definition) is 2. The van der Waals surface area contributed by atoms with E-state index in [2.05, 4.69) is 0 Å². The summed E-state index contributed by atoms with van der Waals surface area (Å²) in [6.07, 6.45) is -0.985. The number of benzene rings is 1. The van der Waals surface area contributed by atoms with Crippen molar-refractivity contribution in [1.82, 2.24) is 0 Å². The molecule has 0 fully saturated rings. The molecule has 0 heterocycles. The summed E-state index contributed by atoms with van der Waals surface area (Å²) in [6, 6.07) is 4.59. The van der Waals surface area contributed by atoms with E-state index in [1.54, 1.807) is 6.07 Å². The molecular weight excluding hydrogens is 219 g/mol. The first-order chi connectivity index (χ1) is 6.82. The van der Waals surface area contributed by atoms with Crippen LogP contribution < -0.4 is 0 Å². The van der Waals surface area contributed by atoms with E-state index >= 15 is 0 Å². The predicted molar refractivity (Wildman–Crippen MR) is 57.4 cm³/mol. The van der Waals surface area contributed by atoms with Gasteiger partial charge in [-0.05, 0) is 25.5 Å². The van der Waals surface area contributed by atoms with E-state index in [1.165, 1.54) is 26.0 Å². The lowest BCUT2D eigenvalue weighted by atomic mass is 9.95. The van der Waals surface area contributed by atoms with Gasteiger partial charge in [0.1, 0.15) is 5.82 Å². The zero-order valence-corrected chi connectivity index (χ0v) is 9.42. The molecule has 1 aromatic rings. The third-order valence-corrected chi connectivity index (χ3v) is 2.55. The third kappa shape index (κ3) is 3.16. The van der Waals surface area contributed by atoms with Crippen LogP contribution in [0.15, 0.2) is 18.2 Å². The Morgan fingerprint density at radius 2 is 2.07 bits per heavy atom. The van der Waals surface area contributed by atoms with E-state index in [0.717, 1.165) is 0 Å². The first-order valence-electron chi connectivity index (χ1n) is 4.65. The van der Waals surface area contributed by atoms with E-state index in [1.807, 2.05) is 0 Å². The Hall–Kier alpha value is -0.640. The van der Waals surface area contributed by atoms with Crippen LogP contribution in [-0.4, -0.2) is 21.9 Å². The molecule has 0 aliphatic rings. The van der Waals surface area contributed by atoms with Gasteiger partial charge in [0.2, 0.25) is 0 Å². The maximum atomic E-state index is 13.4. The quantitative estimate of drug-likeness (QED) is 0.839. The summed E-state index contributed by atoms with van der Waals surface area (Å²) in [7, 11) is 0. The van der Waals surface area contributed by atoms with Gasteiger partial charge in [-0.2, -0.15) is 0 Å². The summed E-state index contributed by atoms with van der Waals surface area (Å²) in [5.74, 6) is -0.539. The molecular formula is C11H14ClFO2. The van der Waals surface area contributed by atoms with E-state index in [0.29, 0.717) is 5.56 Å². The van der Waals surface area contributed by atoms with E-state index < -0.39 is 17.5 Å². The lowest BCUT2D eigenvalue weighted by molar-refractivity contribution is -0.0472. The van der Waals surface area contributed by atoms with Gasteiger partial charge < -0.3 is 10.2 Å². The van der Waals surface area contributed by atoms with Gasteiger partial charge >= 0.3 is 0 Å². The number of hydrogen-bond donors (Lipinski definition) is 2. The highest BCUT2D eigenvalue weighted by atomic mass is 35.5. The molecule has 1 aromatic carbocycles. The van der Waals surface area contributed by atoms with Crippen molar-refractivity contribution in [2.24, 2.45) is 0 Å². The molecule has 0 saturated heterocycles. The normalized spacial score (nSPS) is 14.0. The molecule has 0 aliphatic heterocycles. The van der Waals surface area contributed by atoms with E-state index in [9.17, 15) is 14.6 Å². The van der Waals surface area contributed by atoms with Crippen molar-refractivity contribution < 1.29 is 14.6 Å². The fraction of sp³-hybridized carbons (Fsp3) is 0.455. The molecule has 0 bridgehead atoms. The molecule has 1 unspecified atom stereocenters. The highest BCUT2D eigenvalue weighted by Crippen LogP contribution is 2.21. The van der Waals surface area contributed by atoms with Crippen molar-refractivity contribution in [1.29, 1.82) is 0 Å². The fourth-order valence-electron chi connectivity index (χ4n) is 1.16. The Bertz CT molecular complexity index is 347. The Kier molecular flexibility index (Phi) is 3.71. The summed E-state index contributed by atoms with van der Waals surface area (Å²) in [4.78, 5) is 0. The fourth-order valence-corrected chi connectivity index (χ4v) is 1.36. The predicted octanol–water partition coefficient (Wildman–Crippen LogP) is 2.15. The van der Waals surface area contributed by atoms with Gasteiger partial charge in [-0.25, -0.2) is 4.39 Å². The highest BCUT2D eigenvalue weighted by Gasteiger charge is 2.25. The number of aliphatic hydroxyl groups is 2. The van der Waals surface area contributed by atoms with Crippen LogP contribution in [0.3, 0.4) is 0 Å². The van der Waals surface area contributed by atoms with Gasteiger partial charge in [-0.3, -0.25) is 0 Å². The monoisotopic (exact) mass is 232 g/mol. The largest absolute Gasteiger partial charge is 0.390 e. The minimum Gasteiger partial charge on any atom is -0.390 e. The number of rotatable bonds is 3. The van der Waals surface area contributed by atoms with Gasteiger partial charge in [0.05, 0.1) is 16.7 Å². The van der Waals surface area contributed by atoms with Crippen molar-refractivity contribution in [3.8, 4) is 0 Å². The molecule has 0 aromatic heterocycles. The zero-order valence-electron chi connectivity index (χ0n) is 8.67. The Balaban J connectivity index is 2.86. The van der Waals surface area contributed by atoms with Crippen molar-refractivity contribution in [2.75, 3.05) is 0 Å². The zero-order chi connectivity index (χ0) is 11.6. The Morgan fingerprint density at radius 3 is 2.60 bits per heavy atom. The maximum absolute atomic E-state index is 13.4. The standard InChI is InChI=1S/C11H14ClFO2/c1-11(2,15)9(14)6-7-4-3-5-8(12)10(7)13/h3-5,9,14-15H,6H2,1-2H3. The molecule has 2 nitrogen and oxygen atoms in total. The molecule has 15 heavy (non-hydrogen) atoms. The topological polar surface area (TPSA) is 40.5 Å². The van der Waals surface area contributed by atoms with Gasteiger partial charge in [0, 0.05) is 6.42 Å². The summed E-state index contributed by atoms with van der Waals surface area (Å²) >= 11 is 5.59. The van der Waals surface area contributed by atoms with Crippen molar-refractivity contribution in [2.45, 2.75) is 32.0 Å². The lowest BCUT2D eigenvalue weighted by Gasteiger charge is -2.24. The smallest absolute Gasteiger partial charge is 0.145 e. The molecule has 2 N–H and O–H groups in total. The number of aliphatic hydroxyl groups excluding tert-OH is 1. The number of halogens is 2. The average Bonchev–Trinajstić information content (AvgIpc) is 2.11. The average molecular weight is 233 g/mol. The molecule has 4 heteroatoms. The third-order valence-electron chi connectivity index (χ3n) is 2.26. The SMILES string of the molecule is CC(C)(O)C(O)Cc1cccc(Cl)c1F.